The summed E-state index contributed by atoms with van der Waals surface area (Å²) in [6.07, 6.45) is 3.04. The number of alkyl halides is 1. The standard InChI is InChI=1S/C27H33FN2O3/c1-4-27(28,5-2)19-30-14-12-20(13-15-30)18-33-25-11-10-23(16-24(25)17-29)21-6-8-22(9-7-21)26(31)32-3/h6-11,16,20H,4-5,12-15,18-19H2,1-3H3. The number of likely N-dealkylation sites (tertiary alicyclic amines) is 1. The highest BCUT2D eigenvalue weighted by molar-refractivity contribution is 5.90. The Morgan fingerprint density at radius 2 is 1.76 bits per heavy atom. The second-order valence-electron chi connectivity index (χ2n) is 8.78. The third-order valence-electron chi connectivity index (χ3n) is 6.70. The number of nitrogens with zero attached hydrogens (tertiary/aromatic N) is 2. The fourth-order valence-electron chi connectivity index (χ4n) is 4.23. The van der Waals surface area contributed by atoms with Crippen LogP contribution in [0.1, 0.15) is 55.5 Å². The number of carbonyl (C=O) groups excluding carboxylic acids is 1. The van der Waals surface area contributed by atoms with Gasteiger partial charge in [0.25, 0.3) is 0 Å². The number of halogens is 1. The van der Waals surface area contributed by atoms with Gasteiger partial charge in [0.1, 0.15) is 17.5 Å². The van der Waals surface area contributed by atoms with Crippen LogP contribution >= 0.6 is 0 Å². The lowest BCUT2D eigenvalue weighted by Crippen LogP contribution is -2.44. The summed E-state index contributed by atoms with van der Waals surface area (Å²) in [5.41, 5.74) is 1.66. The lowest BCUT2D eigenvalue weighted by atomic mass is 9.94. The van der Waals surface area contributed by atoms with Crippen LogP contribution in [0.2, 0.25) is 0 Å². The van der Waals surface area contributed by atoms with Gasteiger partial charge in [0.05, 0.1) is 24.8 Å². The maximum atomic E-state index is 14.7. The summed E-state index contributed by atoms with van der Waals surface area (Å²) in [5, 5.41) is 9.63. The topological polar surface area (TPSA) is 62.6 Å². The van der Waals surface area contributed by atoms with Crippen molar-refractivity contribution in [1.82, 2.24) is 4.90 Å². The fourth-order valence-corrected chi connectivity index (χ4v) is 4.23. The van der Waals surface area contributed by atoms with E-state index in [2.05, 4.69) is 11.0 Å². The van der Waals surface area contributed by atoms with Gasteiger partial charge in [-0.05, 0) is 80.1 Å². The van der Waals surface area contributed by atoms with Crippen LogP contribution in [0.15, 0.2) is 42.5 Å². The number of rotatable bonds is 9. The van der Waals surface area contributed by atoms with E-state index in [-0.39, 0.29) is 5.97 Å². The zero-order valence-electron chi connectivity index (χ0n) is 19.8. The van der Waals surface area contributed by atoms with E-state index in [9.17, 15) is 14.4 Å². The fraction of sp³-hybridized carbons (Fsp3) is 0.481. The van der Waals surface area contributed by atoms with E-state index < -0.39 is 5.67 Å². The van der Waals surface area contributed by atoms with Crippen LogP contribution in [0, 0.1) is 17.2 Å². The van der Waals surface area contributed by atoms with Gasteiger partial charge in [-0.3, -0.25) is 0 Å². The Morgan fingerprint density at radius 3 is 2.33 bits per heavy atom. The van der Waals surface area contributed by atoms with Crippen LogP contribution in [0.3, 0.4) is 0 Å². The maximum Gasteiger partial charge on any atom is 0.337 e. The molecule has 6 heteroatoms. The minimum atomic E-state index is -1.09. The number of esters is 1. The molecule has 1 heterocycles. The lowest BCUT2D eigenvalue weighted by molar-refractivity contribution is 0.0568. The molecule has 0 aliphatic carbocycles. The van der Waals surface area contributed by atoms with E-state index in [1.165, 1.54) is 7.11 Å². The van der Waals surface area contributed by atoms with Crippen molar-refractivity contribution < 1.29 is 18.7 Å². The van der Waals surface area contributed by atoms with Gasteiger partial charge in [-0.15, -0.1) is 0 Å². The summed E-state index contributed by atoms with van der Waals surface area (Å²) in [4.78, 5) is 13.8. The summed E-state index contributed by atoms with van der Waals surface area (Å²) >= 11 is 0. The van der Waals surface area contributed by atoms with Crippen LogP contribution in [0.25, 0.3) is 11.1 Å². The molecule has 0 radical (unpaired) electrons. The zero-order valence-corrected chi connectivity index (χ0v) is 19.8. The average Bonchev–Trinajstić information content (AvgIpc) is 2.87. The molecule has 0 spiro atoms. The Labute approximate surface area is 196 Å². The van der Waals surface area contributed by atoms with Crippen LogP contribution in [0.4, 0.5) is 4.39 Å². The quantitative estimate of drug-likeness (QED) is 0.461. The van der Waals surface area contributed by atoms with Gasteiger partial charge in [-0.2, -0.15) is 5.26 Å². The Morgan fingerprint density at radius 1 is 1.12 bits per heavy atom. The van der Waals surface area contributed by atoms with E-state index in [1.54, 1.807) is 18.2 Å². The first kappa shape index (κ1) is 24.7. The van der Waals surface area contributed by atoms with Gasteiger partial charge in [0.2, 0.25) is 0 Å². The maximum absolute atomic E-state index is 14.7. The minimum Gasteiger partial charge on any atom is -0.492 e. The Hall–Kier alpha value is -2.91. The molecule has 1 fully saturated rings. The van der Waals surface area contributed by atoms with Crippen molar-refractivity contribution in [1.29, 1.82) is 5.26 Å². The predicted molar refractivity (Wildman–Crippen MR) is 127 cm³/mol. The first-order chi connectivity index (χ1) is 15.9. The van der Waals surface area contributed by atoms with Gasteiger partial charge in [-0.25, -0.2) is 9.18 Å². The molecule has 1 saturated heterocycles. The summed E-state index contributed by atoms with van der Waals surface area (Å²) in [6, 6.07) is 14.9. The Balaban J connectivity index is 1.57. The molecule has 2 aromatic rings. The first-order valence-corrected chi connectivity index (χ1v) is 11.7. The van der Waals surface area contributed by atoms with Gasteiger partial charge in [-0.1, -0.05) is 32.0 Å². The smallest absolute Gasteiger partial charge is 0.337 e. The molecule has 0 N–H and O–H groups in total. The number of carbonyl (C=O) groups is 1. The average molecular weight is 453 g/mol. The predicted octanol–water partition coefficient (Wildman–Crippen LogP) is 5.63. The Bertz CT molecular complexity index is 972. The number of hydrogen-bond donors (Lipinski definition) is 0. The van der Waals surface area contributed by atoms with Crippen LogP contribution < -0.4 is 4.74 Å². The normalized spacial score (nSPS) is 15.1. The number of hydrogen-bond acceptors (Lipinski definition) is 5. The summed E-state index contributed by atoms with van der Waals surface area (Å²) in [7, 11) is 1.35. The minimum absolute atomic E-state index is 0.381. The van der Waals surface area contributed by atoms with Gasteiger partial charge in [0, 0.05) is 6.54 Å². The molecular formula is C27H33FN2O3. The van der Waals surface area contributed by atoms with Crippen LogP contribution in [0.5, 0.6) is 5.75 Å². The molecule has 33 heavy (non-hydrogen) atoms. The van der Waals surface area contributed by atoms with E-state index in [4.69, 9.17) is 9.47 Å². The highest BCUT2D eigenvalue weighted by atomic mass is 19.1. The largest absolute Gasteiger partial charge is 0.492 e. The van der Waals surface area contributed by atoms with Crippen molar-refractivity contribution >= 4 is 5.97 Å². The molecule has 0 unspecified atom stereocenters. The molecule has 0 atom stereocenters. The molecule has 2 aromatic carbocycles. The van der Waals surface area contributed by atoms with Crippen molar-refractivity contribution in [3.8, 4) is 22.9 Å². The molecule has 5 nitrogen and oxygen atoms in total. The first-order valence-electron chi connectivity index (χ1n) is 11.7. The number of ether oxygens (including phenoxy) is 2. The molecule has 1 aliphatic rings. The summed E-state index contributed by atoms with van der Waals surface area (Å²) in [6.45, 7) is 6.65. The molecular weight excluding hydrogens is 419 g/mol. The lowest BCUT2D eigenvalue weighted by Gasteiger charge is -2.36. The molecule has 3 rings (SSSR count). The molecule has 1 aliphatic heterocycles. The molecule has 176 valence electrons. The van der Waals surface area contributed by atoms with Gasteiger partial charge in [0.15, 0.2) is 0 Å². The zero-order chi connectivity index (χ0) is 23.8. The van der Waals surface area contributed by atoms with Crippen LogP contribution in [-0.2, 0) is 4.74 Å². The number of benzene rings is 2. The highest BCUT2D eigenvalue weighted by Gasteiger charge is 2.30. The van der Waals surface area contributed by atoms with E-state index in [0.29, 0.717) is 48.8 Å². The second kappa shape index (κ2) is 11.3. The van der Waals surface area contributed by atoms with Crippen molar-refractivity contribution in [3.63, 3.8) is 0 Å². The van der Waals surface area contributed by atoms with Crippen molar-refractivity contribution in [2.24, 2.45) is 5.92 Å². The van der Waals surface area contributed by atoms with E-state index >= 15 is 0 Å². The molecule has 0 aromatic heterocycles. The number of methoxy groups -OCH3 is 1. The second-order valence-corrected chi connectivity index (χ2v) is 8.78. The highest BCUT2D eigenvalue weighted by Crippen LogP contribution is 2.29. The molecule has 0 saturated carbocycles. The monoisotopic (exact) mass is 452 g/mol. The van der Waals surface area contributed by atoms with Crippen molar-refractivity contribution in [3.05, 3.63) is 53.6 Å². The number of piperidine rings is 1. The van der Waals surface area contributed by atoms with E-state index in [1.807, 2.05) is 38.1 Å². The molecule has 0 bridgehead atoms. The van der Waals surface area contributed by atoms with E-state index in [0.717, 1.165) is 37.1 Å². The SMILES string of the molecule is CCC(F)(CC)CN1CCC(COc2ccc(-c3ccc(C(=O)OC)cc3)cc2C#N)CC1. The van der Waals surface area contributed by atoms with Crippen molar-refractivity contribution in [2.45, 2.75) is 45.2 Å². The van der Waals surface area contributed by atoms with Gasteiger partial charge < -0.3 is 14.4 Å². The third-order valence-corrected chi connectivity index (χ3v) is 6.70. The Kier molecular flexibility index (Phi) is 8.46. The number of nitriles is 1. The van der Waals surface area contributed by atoms with Crippen LogP contribution in [-0.4, -0.2) is 49.9 Å². The third kappa shape index (κ3) is 6.33. The summed E-state index contributed by atoms with van der Waals surface area (Å²) in [5.74, 6) is 0.596. The summed E-state index contributed by atoms with van der Waals surface area (Å²) < 4.78 is 25.4. The van der Waals surface area contributed by atoms with Crippen molar-refractivity contribution in [2.75, 3.05) is 33.4 Å². The molecule has 0 amide bonds. The van der Waals surface area contributed by atoms with Gasteiger partial charge >= 0.3 is 5.97 Å².